The summed E-state index contributed by atoms with van der Waals surface area (Å²) in [6.45, 7) is 0. The third-order valence-electron chi connectivity index (χ3n) is 3.56. The van der Waals surface area contributed by atoms with Crippen LogP contribution >= 0.6 is 11.3 Å². The Morgan fingerprint density at radius 1 is 1.05 bits per heavy atom. The molecular formula is C18H17N3S. The fraction of sp³-hybridized carbons (Fsp3) is 0.111. The van der Waals surface area contributed by atoms with Crippen LogP contribution in [0.1, 0.15) is 12.0 Å². The van der Waals surface area contributed by atoms with E-state index in [9.17, 15) is 0 Å². The Bertz CT molecular complexity index is 761. The van der Waals surface area contributed by atoms with Crippen molar-refractivity contribution >= 4 is 17.2 Å². The molecule has 1 heterocycles. The number of aryl methyl sites for hydroxylation is 1. The molecule has 1 aromatic heterocycles. The van der Waals surface area contributed by atoms with E-state index in [-0.39, 0.29) is 5.84 Å². The lowest BCUT2D eigenvalue weighted by molar-refractivity contribution is 1.02. The standard InChI is InChI=1S/C18H17N3S/c19-18(20)9-4-13-2-1-3-16(10-13)14-5-7-15(8-6-14)17-11-22-12-21-17/h1-3,5-8,10-12H,4,9H2,(H3,19,20). The molecule has 0 atom stereocenters. The van der Waals surface area contributed by atoms with Gasteiger partial charge in [-0.15, -0.1) is 11.3 Å². The molecule has 3 nitrogen and oxygen atoms in total. The highest BCUT2D eigenvalue weighted by Gasteiger charge is 2.03. The van der Waals surface area contributed by atoms with Crippen molar-refractivity contribution in [1.82, 2.24) is 4.98 Å². The average Bonchev–Trinajstić information content (AvgIpc) is 3.08. The van der Waals surface area contributed by atoms with Crippen molar-refractivity contribution in [3.63, 3.8) is 0 Å². The van der Waals surface area contributed by atoms with Crippen LogP contribution in [-0.4, -0.2) is 10.8 Å². The van der Waals surface area contributed by atoms with Gasteiger partial charge in [-0.2, -0.15) is 0 Å². The maximum absolute atomic E-state index is 7.33. The summed E-state index contributed by atoms with van der Waals surface area (Å²) in [4.78, 5) is 4.33. The molecule has 3 aromatic rings. The van der Waals surface area contributed by atoms with Gasteiger partial charge in [-0.05, 0) is 23.1 Å². The molecule has 0 aliphatic heterocycles. The molecule has 0 radical (unpaired) electrons. The minimum Gasteiger partial charge on any atom is -0.388 e. The van der Waals surface area contributed by atoms with Crippen molar-refractivity contribution in [3.05, 3.63) is 65.0 Å². The van der Waals surface area contributed by atoms with Gasteiger partial charge in [0.25, 0.3) is 0 Å². The summed E-state index contributed by atoms with van der Waals surface area (Å²) < 4.78 is 0. The molecule has 4 heteroatoms. The molecule has 2 aromatic carbocycles. The first-order chi connectivity index (χ1) is 10.7. The third-order valence-corrected chi connectivity index (χ3v) is 4.14. The molecule has 0 amide bonds. The van der Waals surface area contributed by atoms with E-state index in [1.165, 1.54) is 16.7 Å². The molecular weight excluding hydrogens is 290 g/mol. The summed E-state index contributed by atoms with van der Waals surface area (Å²) in [6.07, 6.45) is 1.41. The molecule has 0 saturated heterocycles. The van der Waals surface area contributed by atoms with Gasteiger partial charge in [0.15, 0.2) is 0 Å². The Morgan fingerprint density at radius 2 is 1.82 bits per heavy atom. The number of nitrogens with two attached hydrogens (primary N) is 1. The van der Waals surface area contributed by atoms with E-state index in [0.29, 0.717) is 6.42 Å². The van der Waals surface area contributed by atoms with Gasteiger partial charge in [0, 0.05) is 17.4 Å². The van der Waals surface area contributed by atoms with Gasteiger partial charge in [0.1, 0.15) is 0 Å². The SMILES string of the molecule is N=C(N)CCc1cccc(-c2ccc(-c3cscn3)cc2)c1. The Labute approximate surface area is 134 Å². The Hall–Kier alpha value is -2.46. The molecule has 22 heavy (non-hydrogen) atoms. The number of hydrogen-bond acceptors (Lipinski definition) is 3. The second-order valence-electron chi connectivity index (χ2n) is 5.18. The van der Waals surface area contributed by atoms with Gasteiger partial charge in [-0.25, -0.2) is 4.98 Å². The topological polar surface area (TPSA) is 62.8 Å². The minimum absolute atomic E-state index is 0.234. The second kappa shape index (κ2) is 6.54. The van der Waals surface area contributed by atoms with Crippen LogP contribution in [0.3, 0.4) is 0 Å². The lowest BCUT2D eigenvalue weighted by atomic mass is 9.99. The van der Waals surface area contributed by atoms with Crippen LogP contribution in [0.4, 0.5) is 0 Å². The predicted octanol–water partition coefficient (Wildman–Crippen LogP) is 4.35. The molecule has 0 aliphatic carbocycles. The van der Waals surface area contributed by atoms with Crippen LogP contribution in [0.25, 0.3) is 22.4 Å². The van der Waals surface area contributed by atoms with Crippen molar-refractivity contribution in [2.45, 2.75) is 12.8 Å². The maximum atomic E-state index is 7.33. The van der Waals surface area contributed by atoms with E-state index in [2.05, 4.69) is 58.9 Å². The zero-order chi connectivity index (χ0) is 15.4. The molecule has 3 rings (SSSR count). The summed E-state index contributed by atoms with van der Waals surface area (Å²) in [5, 5.41) is 9.38. The second-order valence-corrected chi connectivity index (χ2v) is 5.90. The fourth-order valence-corrected chi connectivity index (χ4v) is 2.94. The first-order valence-electron chi connectivity index (χ1n) is 7.13. The number of nitrogens with zero attached hydrogens (tertiary/aromatic N) is 1. The molecule has 0 aliphatic rings. The highest BCUT2D eigenvalue weighted by atomic mass is 32.1. The van der Waals surface area contributed by atoms with Crippen molar-refractivity contribution in [2.24, 2.45) is 5.73 Å². The van der Waals surface area contributed by atoms with Crippen LogP contribution in [0.2, 0.25) is 0 Å². The number of benzene rings is 2. The Kier molecular flexibility index (Phi) is 4.30. The largest absolute Gasteiger partial charge is 0.388 e. The molecule has 3 N–H and O–H groups in total. The highest BCUT2D eigenvalue weighted by Crippen LogP contribution is 2.25. The van der Waals surface area contributed by atoms with Crippen LogP contribution in [0.15, 0.2) is 59.4 Å². The third kappa shape index (κ3) is 3.40. The van der Waals surface area contributed by atoms with Gasteiger partial charge >= 0.3 is 0 Å². The predicted molar refractivity (Wildman–Crippen MR) is 93.2 cm³/mol. The molecule has 0 unspecified atom stereocenters. The van der Waals surface area contributed by atoms with Gasteiger partial charge in [-0.3, -0.25) is 5.41 Å². The summed E-state index contributed by atoms with van der Waals surface area (Å²) in [6, 6.07) is 16.9. The first kappa shape index (κ1) is 14.5. The summed E-state index contributed by atoms with van der Waals surface area (Å²) in [5.41, 5.74) is 13.0. The number of hydrogen-bond donors (Lipinski definition) is 2. The van der Waals surface area contributed by atoms with Gasteiger partial charge in [-0.1, -0.05) is 48.5 Å². The van der Waals surface area contributed by atoms with E-state index in [1.54, 1.807) is 11.3 Å². The normalized spacial score (nSPS) is 10.5. The van der Waals surface area contributed by atoms with E-state index in [1.807, 2.05) is 5.51 Å². The van der Waals surface area contributed by atoms with Crippen molar-refractivity contribution in [1.29, 1.82) is 5.41 Å². The summed E-state index contributed by atoms with van der Waals surface area (Å²) >= 11 is 1.61. The molecule has 110 valence electrons. The Morgan fingerprint density at radius 3 is 2.50 bits per heavy atom. The Balaban J connectivity index is 1.82. The van der Waals surface area contributed by atoms with Crippen LogP contribution < -0.4 is 5.73 Å². The van der Waals surface area contributed by atoms with Gasteiger partial charge in [0.2, 0.25) is 0 Å². The number of rotatable bonds is 5. The minimum atomic E-state index is 0.234. The van der Waals surface area contributed by atoms with E-state index in [0.717, 1.165) is 17.7 Å². The van der Waals surface area contributed by atoms with Crippen molar-refractivity contribution in [3.8, 4) is 22.4 Å². The smallest absolute Gasteiger partial charge is 0.0908 e. The summed E-state index contributed by atoms with van der Waals surface area (Å²) in [7, 11) is 0. The zero-order valence-electron chi connectivity index (χ0n) is 12.1. The number of aromatic nitrogens is 1. The van der Waals surface area contributed by atoms with Crippen LogP contribution in [-0.2, 0) is 6.42 Å². The lowest BCUT2D eigenvalue weighted by Crippen LogP contribution is -2.10. The van der Waals surface area contributed by atoms with Gasteiger partial charge in [0.05, 0.1) is 17.0 Å². The van der Waals surface area contributed by atoms with Crippen LogP contribution in [0.5, 0.6) is 0 Å². The lowest BCUT2D eigenvalue weighted by Gasteiger charge is -2.06. The maximum Gasteiger partial charge on any atom is 0.0908 e. The number of amidine groups is 1. The van der Waals surface area contributed by atoms with Gasteiger partial charge < -0.3 is 5.73 Å². The molecule has 0 saturated carbocycles. The quantitative estimate of drug-likeness (QED) is 0.544. The average molecular weight is 307 g/mol. The van der Waals surface area contributed by atoms with E-state index < -0.39 is 0 Å². The van der Waals surface area contributed by atoms with E-state index >= 15 is 0 Å². The van der Waals surface area contributed by atoms with Crippen LogP contribution in [0, 0.1) is 5.41 Å². The van der Waals surface area contributed by atoms with Crippen molar-refractivity contribution < 1.29 is 0 Å². The fourth-order valence-electron chi connectivity index (χ4n) is 2.37. The molecule has 0 spiro atoms. The van der Waals surface area contributed by atoms with Crippen molar-refractivity contribution in [2.75, 3.05) is 0 Å². The number of thiazole rings is 1. The monoisotopic (exact) mass is 307 g/mol. The highest BCUT2D eigenvalue weighted by molar-refractivity contribution is 7.07. The zero-order valence-corrected chi connectivity index (χ0v) is 12.9. The summed E-state index contributed by atoms with van der Waals surface area (Å²) in [5.74, 6) is 0.234. The molecule has 0 bridgehead atoms. The first-order valence-corrected chi connectivity index (χ1v) is 8.07. The number of nitrogens with one attached hydrogen (secondary N) is 1. The van der Waals surface area contributed by atoms with E-state index in [4.69, 9.17) is 11.1 Å². The molecule has 0 fully saturated rings.